The SMILES string of the molecule is CN(C)CN(CCC(=O)O)CC(=O)O. The van der Waals surface area contributed by atoms with Crippen LogP contribution in [-0.2, 0) is 9.59 Å². The van der Waals surface area contributed by atoms with E-state index in [1.54, 1.807) is 23.9 Å². The minimum Gasteiger partial charge on any atom is -0.481 e. The zero-order valence-electron chi connectivity index (χ0n) is 8.43. The maximum atomic E-state index is 10.4. The van der Waals surface area contributed by atoms with Crippen molar-refractivity contribution in [2.45, 2.75) is 6.42 Å². The number of nitrogens with zero attached hydrogens (tertiary/aromatic N) is 2. The summed E-state index contributed by atoms with van der Waals surface area (Å²) in [5, 5.41) is 17.0. The van der Waals surface area contributed by atoms with Gasteiger partial charge in [-0.15, -0.1) is 0 Å². The predicted molar refractivity (Wildman–Crippen MR) is 50.0 cm³/mol. The Morgan fingerprint density at radius 1 is 1.14 bits per heavy atom. The molecule has 0 unspecified atom stereocenters. The molecule has 2 N–H and O–H groups in total. The van der Waals surface area contributed by atoms with Gasteiger partial charge in [0.1, 0.15) is 0 Å². The Morgan fingerprint density at radius 3 is 2.07 bits per heavy atom. The number of hydrogen-bond acceptors (Lipinski definition) is 4. The zero-order chi connectivity index (χ0) is 11.1. The van der Waals surface area contributed by atoms with E-state index < -0.39 is 11.9 Å². The lowest BCUT2D eigenvalue weighted by atomic mass is 10.4. The van der Waals surface area contributed by atoms with Gasteiger partial charge in [-0.3, -0.25) is 19.4 Å². The third kappa shape index (κ3) is 7.51. The van der Waals surface area contributed by atoms with Crippen molar-refractivity contribution in [3.8, 4) is 0 Å². The Balaban J connectivity index is 3.96. The molecule has 82 valence electrons. The molecule has 0 saturated heterocycles. The maximum absolute atomic E-state index is 10.4. The molecule has 0 aliphatic carbocycles. The van der Waals surface area contributed by atoms with Crippen LogP contribution in [0.5, 0.6) is 0 Å². The van der Waals surface area contributed by atoms with E-state index in [0.717, 1.165) is 0 Å². The van der Waals surface area contributed by atoms with E-state index >= 15 is 0 Å². The van der Waals surface area contributed by atoms with E-state index in [9.17, 15) is 9.59 Å². The smallest absolute Gasteiger partial charge is 0.317 e. The van der Waals surface area contributed by atoms with Crippen molar-refractivity contribution in [2.75, 3.05) is 33.9 Å². The van der Waals surface area contributed by atoms with Gasteiger partial charge in [-0.1, -0.05) is 0 Å². The normalized spacial score (nSPS) is 10.9. The Bertz CT molecular complexity index is 206. The molecule has 0 aliphatic rings. The van der Waals surface area contributed by atoms with Crippen LogP contribution in [0.25, 0.3) is 0 Å². The molecule has 6 nitrogen and oxygen atoms in total. The number of aliphatic carboxylic acids is 2. The van der Waals surface area contributed by atoms with Gasteiger partial charge in [-0.2, -0.15) is 0 Å². The standard InChI is InChI=1S/C8H16N2O4/c1-9(2)6-10(5-8(13)14)4-3-7(11)12/h3-6H2,1-2H3,(H,11,12)(H,13,14). The zero-order valence-corrected chi connectivity index (χ0v) is 8.43. The van der Waals surface area contributed by atoms with Crippen molar-refractivity contribution in [3.05, 3.63) is 0 Å². The van der Waals surface area contributed by atoms with Crippen molar-refractivity contribution >= 4 is 11.9 Å². The fourth-order valence-corrected chi connectivity index (χ4v) is 1.04. The second-order valence-corrected chi connectivity index (χ2v) is 3.31. The molecular formula is C8H16N2O4. The number of rotatable bonds is 7. The Hall–Kier alpha value is -1.14. The van der Waals surface area contributed by atoms with Crippen LogP contribution in [0.3, 0.4) is 0 Å². The molecule has 0 heterocycles. The topological polar surface area (TPSA) is 81.1 Å². The van der Waals surface area contributed by atoms with Gasteiger partial charge in [0.15, 0.2) is 0 Å². The second-order valence-electron chi connectivity index (χ2n) is 3.31. The minimum absolute atomic E-state index is 0.0406. The summed E-state index contributed by atoms with van der Waals surface area (Å²) in [5.74, 6) is -1.86. The first-order valence-corrected chi connectivity index (χ1v) is 4.22. The summed E-state index contributed by atoms with van der Waals surface area (Å²) in [6.45, 7) is 0.560. The van der Waals surface area contributed by atoms with E-state index in [4.69, 9.17) is 10.2 Å². The first kappa shape index (κ1) is 12.9. The van der Waals surface area contributed by atoms with Crippen molar-refractivity contribution in [1.29, 1.82) is 0 Å². The van der Waals surface area contributed by atoms with Crippen molar-refractivity contribution in [3.63, 3.8) is 0 Å². The highest BCUT2D eigenvalue weighted by Crippen LogP contribution is 1.93. The van der Waals surface area contributed by atoms with Gasteiger partial charge in [-0.05, 0) is 14.1 Å². The number of hydrogen-bond donors (Lipinski definition) is 2. The summed E-state index contributed by atoms with van der Waals surface area (Å²) in [6.07, 6.45) is -0.0406. The third-order valence-electron chi connectivity index (χ3n) is 1.48. The Kier molecular flexibility index (Phi) is 5.82. The lowest BCUT2D eigenvalue weighted by Gasteiger charge is -2.23. The van der Waals surface area contributed by atoms with Gasteiger partial charge in [-0.25, -0.2) is 0 Å². The van der Waals surface area contributed by atoms with Crippen molar-refractivity contribution < 1.29 is 19.8 Å². The van der Waals surface area contributed by atoms with E-state index in [2.05, 4.69) is 0 Å². The molecule has 6 heteroatoms. The molecule has 0 radical (unpaired) electrons. The summed E-state index contributed by atoms with van der Waals surface area (Å²) in [5.41, 5.74) is 0. The molecule has 0 atom stereocenters. The second kappa shape index (κ2) is 6.33. The van der Waals surface area contributed by atoms with Gasteiger partial charge < -0.3 is 10.2 Å². The molecule has 0 rings (SSSR count). The van der Waals surface area contributed by atoms with Gasteiger partial charge in [0, 0.05) is 6.54 Å². The molecule has 0 spiro atoms. The average molecular weight is 204 g/mol. The molecule has 14 heavy (non-hydrogen) atoms. The van der Waals surface area contributed by atoms with Gasteiger partial charge in [0.2, 0.25) is 0 Å². The summed E-state index contributed by atoms with van der Waals surface area (Å²) < 4.78 is 0. The van der Waals surface area contributed by atoms with Gasteiger partial charge in [0.05, 0.1) is 19.6 Å². The van der Waals surface area contributed by atoms with E-state index in [1.165, 1.54) is 0 Å². The fraction of sp³-hybridized carbons (Fsp3) is 0.750. The number of carboxylic acid groups (broad SMARTS) is 2. The average Bonchev–Trinajstić information content (AvgIpc) is 1.97. The van der Waals surface area contributed by atoms with E-state index in [0.29, 0.717) is 6.67 Å². The van der Waals surface area contributed by atoms with Crippen LogP contribution in [-0.4, -0.2) is 65.8 Å². The summed E-state index contributed by atoms with van der Waals surface area (Å²) in [7, 11) is 3.60. The van der Waals surface area contributed by atoms with Crippen LogP contribution in [0, 0.1) is 0 Å². The first-order valence-electron chi connectivity index (χ1n) is 4.22. The van der Waals surface area contributed by atoms with Crippen LogP contribution in [0.4, 0.5) is 0 Å². The number of carbonyl (C=O) groups is 2. The molecule has 0 aromatic rings. The third-order valence-corrected chi connectivity index (χ3v) is 1.48. The Morgan fingerprint density at radius 2 is 1.71 bits per heavy atom. The lowest BCUT2D eigenvalue weighted by Crippen LogP contribution is -2.38. The van der Waals surface area contributed by atoms with E-state index in [1.807, 2.05) is 0 Å². The summed E-state index contributed by atoms with van der Waals surface area (Å²) in [6, 6.07) is 0. The summed E-state index contributed by atoms with van der Waals surface area (Å²) in [4.78, 5) is 24.1. The highest BCUT2D eigenvalue weighted by molar-refractivity contribution is 5.69. The molecule has 0 saturated carbocycles. The lowest BCUT2D eigenvalue weighted by molar-refractivity contribution is -0.141. The number of carboxylic acids is 2. The molecule has 0 bridgehead atoms. The Labute approximate surface area is 82.7 Å². The summed E-state index contributed by atoms with van der Waals surface area (Å²) >= 11 is 0. The van der Waals surface area contributed by atoms with Crippen LogP contribution < -0.4 is 0 Å². The quantitative estimate of drug-likeness (QED) is 0.537. The van der Waals surface area contributed by atoms with Crippen molar-refractivity contribution in [2.24, 2.45) is 0 Å². The molecule has 0 aliphatic heterocycles. The molecule has 0 amide bonds. The van der Waals surface area contributed by atoms with Crippen LogP contribution >= 0.6 is 0 Å². The predicted octanol–water partition coefficient (Wildman–Crippen LogP) is -0.633. The minimum atomic E-state index is -0.947. The van der Waals surface area contributed by atoms with E-state index in [-0.39, 0.29) is 19.5 Å². The molecular weight excluding hydrogens is 188 g/mol. The molecule has 0 fully saturated rings. The van der Waals surface area contributed by atoms with Crippen LogP contribution in [0.1, 0.15) is 6.42 Å². The van der Waals surface area contributed by atoms with Gasteiger partial charge >= 0.3 is 11.9 Å². The van der Waals surface area contributed by atoms with Gasteiger partial charge in [0.25, 0.3) is 0 Å². The van der Waals surface area contributed by atoms with Crippen LogP contribution in [0.15, 0.2) is 0 Å². The highest BCUT2D eigenvalue weighted by Gasteiger charge is 2.11. The van der Waals surface area contributed by atoms with Crippen molar-refractivity contribution in [1.82, 2.24) is 9.80 Å². The maximum Gasteiger partial charge on any atom is 0.317 e. The first-order chi connectivity index (χ1) is 6.41. The molecule has 0 aromatic heterocycles. The monoisotopic (exact) mass is 204 g/mol. The van der Waals surface area contributed by atoms with Crippen LogP contribution in [0.2, 0.25) is 0 Å². The fourth-order valence-electron chi connectivity index (χ4n) is 1.04. The largest absolute Gasteiger partial charge is 0.481 e. The molecule has 0 aromatic carbocycles. The highest BCUT2D eigenvalue weighted by atomic mass is 16.4.